The van der Waals surface area contributed by atoms with Crippen LogP contribution in [0.25, 0.3) is 61.3 Å². The molecule has 0 aliphatic heterocycles. The average Bonchev–Trinajstić information content (AvgIpc) is 3.84. The standard InChI is InChI=1S/C57H57N5O.Pt/c1-37(2)26-39-28-40(27-38(3)4)30-45(29-39)60-36-61(51-21-17-43(32-53(51)60)56(5,6)7)54-35-47(23-25-58-54)63-46-18-19-48-49-31-42(41-14-12-11-13-15-41)16-20-50(49)62(52(48)34-46)55-33-44(22-24-59-55)57(8,9)10;/h11-25,28-33,37-38H,26-27H2,1-10H3;/q-2;/i26D2,27D2;. The second kappa shape index (κ2) is 17.6. The molecule has 0 aliphatic rings. The van der Waals surface area contributed by atoms with E-state index < -0.39 is 12.7 Å². The Labute approximate surface area is 398 Å². The Morgan fingerprint density at radius 2 is 1.30 bits per heavy atom. The summed E-state index contributed by atoms with van der Waals surface area (Å²) < 4.78 is 48.9. The van der Waals surface area contributed by atoms with Gasteiger partial charge >= 0.3 is 0 Å². The Kier molecular flexibility index (Phi) is 10.9. The first-order chi connectivity index (χ1) is 31.6. The predicted octanol–water partition coefficient (Wildman–Crippen LogP) is 13.6. The number of fused-ring (bicyclic) bond motifs is 4. The van der Waals surface area contributed by atoms with E-state index in [1.54, 1.807) is 18.3 Å². The number of ether oxygens (including phenoxy) is 1. The molecule has 0 unspecified atom stereocenters. The van der Waals surface area contributed by atoms with Gasteiger partial charge in [-0.3, -0.25) is 14.1 Å². The summed E-state index contributed by atoms with van der Waals surface area (Å²) >= 11 is 0. The van der Waals surface area contributed by atoms with E-state index in [0.29, 0.717) is 34.1 Å². The van der Waals surface area contributed by atoms with Crippen molar-refractivity contribution >= 4 is 32.8 Å². The second-order valence-electron chi connectivity index (χ2n) is 19.1. The minimum Gasteiger partial charge on any atom is -0.522 e. The van der Waals surface area contributed by atoms with Crippen molar-refractivity contribution in [2.45, 2.75) is 92.8 Å². The first-order valence-electron chi connectivity index (χ1n) is 23.9. The van der Waals surface area contributed by atoms with Crippen LogP contribution in [-0.4, -0.2) is 19.1 Å². The third-order valence-electron chi connectivity index (χ3n) is 11.3. The number of hydrogen-bond acceptors (Lipinski definition) is 3. The third-order valence-corrected chi connectivity index (χ3v) is 11.3. The van der Waals surface area contributed by atoms with Gasteiger partial charge in [-0.1, -0.05) is 153 Å². The van der Waals surface area contributed by atoms with Crippen LogP contribution in [0.5, 0.6) is 11.5 Å². The van der Waals surface area contributed by atoms with Crippen LogP contribution in [0, 0.1) is 30.3 Å². The Morgan fingerprint density at radius 1 is 0.641 bits per heavy atom. The van der Waals surface area contributed by atoms with E-state index in [-0.39, 0.29) is 43.7 Å². The molecule has 4 heterocycles. The van der Waals surface area contributed by atoms with Crippen LogP contribution < -0.4 is 9.30 Å². The van der Waals surface area contributed by atoms with Gasteiger partial charge in [-0.15, -0.1) is 17.5 Å². The summed E-state index contributed by atoms with van der Waals surface area (Å²) in [5.74, 6) is 1.44. The molecule has 7 heteroatoms. The quantitative estimate of drug-likeness (QED) is 0.101. The van der Waals surface area contributed by atoms with Gasteiger partial charge in [0.1, 0.15) is 5.82 Å². The molecule has 0 aliphatic carbocycles. The maximum absolute atomic E-state index is 9.11. The number of imidazole rings is 1. The molecule has 0 N–H and O–H groups in total. The molecule has 328 valence electrons. The number of hydrogen-bond donors (Lipinski definition) is 0. The molecule has 0 amide bonds. The zero-order valence-corrected chi connectivity index (χ0v) is 40.5. The fraction of sp³-hybridized carbons (Fsp3) is 0.281. The van der Waals surface area contributed by atoms with Crippen molar-refractivity contribution in [1.29, 1.82) is 0 Å². The van der Waals surface area contributed by atoms with Crippen LogP contribution in [-0.2, 0) is 44.6 Å². The molecule has 0 atom stereocenters. The Morgan fingerprint density at radius 3 is 1.98 bits per heavy atom. The van der Waals surface area contributed by atoms with E-state index in [1.165, 1.54) is 5.56 Å². The van der Waals surface area contributed by atoms with E-state index in [0.717, 1.165) is 55.3 Å². The van der Waals surface area contributed by atoms with Gasteiger partial charge < -0.3 is 9.30 Å². The molecule has 0 spiro atoms. The summed E-state index contributed by atoms with van der Waals surface area (Å²) in [4.78, 5) is 9.67. The maximum atomic E-state index is 9.11. The number of pyridine rings is 2. The molecule has 0 saturated heterocycles. The third kappa shape index (κ3) is 9.08. The van der Waals surface area contributed by atoms with E-state index in [2.05, 4.69) is 137 Å². The number of benzene rings is 5. The van der Waals surface area contributed by atoms with Gasteiger partial charge in [0, 0.05) is 44.0 Å². The molecule has 6 nitrogen and oxygen atoms in total. The van der Waals surface area contributed by atoms with Crippen LogP contribution in [0.4, 0.5) is 0 Å². The average molecular weight is 1030 g/mol. The predicted molar refractivity (Wildman–Crippen MR) is 258 cm³/mol. The molecule has 0 saturated carbocycles. The summed E-state index contributed by atoms with van der Waals surface area (Å²) in [6.45, 7) is 20.5. The molecule has 64 heavy (non-hydrogen) atoms. The largest absolute Gasteiger partial charge is 0.522 e. The Balaban J connectivity index is 0.00000625. The summed E-state index contributed by atoms with van der Waals surface area (Å²) in [5, 5.41) is 2.10. The smallest absolute Gasteiger partial charge is 0.269 e. The van der Waals surface area contributed by atoms with Gasteiger partial charge in [0.15, 0.2) is 0 Å². The van der Waals surface area contributed by atoms with Crippen LogP contribution in [0.3, 0.4) is 0 Å². The molecule has 4 aromatic heterocycles. The molecule has 5 aromatic carbocycles. The van der Waals surface area contributed by atoms with Crippen molar-refractivity contribution in [2.75, 3.05) is 0 Å². The molecular weight excluding hydrogens is 966 g/mol. The first kappa shape index (κ1) is 39.7. The van der Waals surface area contributed by atoms with Crippen molar-refractivity contribution in [3.05, 3.63) is 168 Å². The molecule has 0 radical (unpaired) electrons. The van der Waals surface area contributed by atoms with Crippen LogP contribution in [0.2, 0.25) is 0 Å². The van der Waals surface area contributed by atoms with Crippen molar-refractivity contribution in [3.63, 3.8) is 0 Å². The minimum atomic E-state index is -1.72. The van der Waals surface area contributed by atoms with Gasteiger partial charge in [-0.25, -0.2) is 4.98 Å². The topological polar surface area (TPSA) is 48.8 Å². The zero-order valence-electron chi connectivity index (χ0n) is 42.2. The summed E-state index contributed by atoms with van der Waals surface area (Å²) in [6, 6.07) is 45.6. The minimum absolute atomic E-state index is 0. The van der Waals surface area contributed by atoms with Crippen LogP contribution >= 0.6 is 0 Å². The first-order valence-corrected chi connectivity index (χ1v) is 21.9. The molecule has 9 aromatic rings. The Bertz CT molecular complexity index is 3290. The number of rotatable bonds is 10. The maximum Gasteiger partial charge on any atom is 0.269 e. The van der Waals surface area contributed by atoms with E-state index in [4.69, 9.17) is 20.2 Å². The van der Waals surface area contributed by atoms with E-state index >= 15 is 0 Å². The molecule has 9 rings (SSSR count). The van der Waals surface area contributed by atoms with Gasteiger partial charge in [-0.2, -0.15) is 18.2 Å². The van der Waals surface area contributed by atoms with Crippen LogP contribution in [0.15, 0.2) is 128 Å². The number of nitrogens with zero attached hydrogens (tertiary/aromatic N) is 5. The van der Waals surface area contributed by atoms with Crippen molar-refractivity contribution < 1.29 is 35.9 Å². The van der Waals surface area contributed by atoms with Gasteiger partial charge in [0.2, 0.25) is 0 Å². The van der Waals surface area contributed by atoms with Gasteiger partial charge in [0.25, 0.3) is 6.33 Å². The van der Waals surface area contributed by atoms with E-state index in [9.17, 15) is 0 Å². The summed E-state index contributed by atoms with van der Waals surface area (Å²) in [7, 11) is 0. The monoisotopic (exact) mass is 1030 g/mol. The van der Waals surface area contributed by atoms with Crippen molar-refractivity contribution in [2.24, 2.45) is 11.8 Å². The Hall–Kier alpha value is -5.84. The van der Waals surface area contributed by atoms with Gasteiger partial charge in [0.05, 0.1) is 22.5 Å². The van der Waals surface area contributed by atoms with Crippen molar-refractivity contribution in [1.82, 2.24) is 19.1 Å². The fourth-order valence-corrected chi connectivity index (χ4v) is 8.19. The second-order valence-corrected chi connectivity index (χ2v) is 19.1. The van der Waals surface area contributed by atoms with Gasteiger partial charge in [-0.05, 0) is 105 Å². The zero-order chi connectivity index (χ0) is 47.8. The SMILES string of the molecule is [2H]C([2H])(c1cc(-[n+]2[c-]n(-c3[c-]c(Oc4[c-]c5c(cc4)c4cc(-c6ccccc6)ccc4n5-c4cc(C(C)(C)C)ccn4)ccn3)c3ccc(C(C)(C)C)cc32)cc(C([2H])([2H])C(C)C)c1)C(C)C.[Pt]. The number of aromatic nitrogens is 5. The molecular formula is C57H57N5OPt-2. The summed E-state index contributed by atoms with van der Waals surface area (Å²) in [5.41, 5.74) is 9.12. The normalized spacial score (nSPS) is 13.6. The fourth-order valence-electron chi connectivity index (χ4n) is 8.19. The molecule has 0 bridgehead atoms. The van der Waals surface area contributed by atoms with E-state index in [1.807, 2.05) is 73.4 Å². The van der Waals surface area contributed by atoms with Crippen molar-refractivity contribution in [3.8, 4) is 39.9 Å². The summed E-state index contributed by atoms with van der Waals surface area (Å²) in [6.07, 6.45) is 3.64. The molecule has 0 fully saturated rings. The van der Waals surface area contributed by atoms with Crippen LogP contribution in [0.1, 0.15) is 97.0 Å².